The molecule has 1 aromatic carbocycles. The van der Waals surface area contributed by atoms with Gasteiger partial charge in [0.1, 0.15) is 0 Å². The number of nitrogens with zero attached hydrogens (tertiary/aromatic N) is 4. The Morgan fingerprint density at radius 1 is 1.46 bits per heavy atom. The van der Waals surface area contributed by atoms with Crippen LogP contribution in [0.1, 0.15) is 17.7 Å². The molecule has 1 aromatic heterocycles. The normalized spacial score (nSPS) is 11.3. The van der Waals surface area contributed by atoms with Crippen LogP contribution in [-0.2, 0) is 16.2 Å². The van der Waals surface area contributed by atoms with Crippen LogP contribution >= 0.6 is 15.9 Å². The Bertz CT molecular complexity index is 785. The number of nitro groups is 1. The van der Waals surface area contributed by atoms with Crippen molar-refractivity contribution in [1.82, 2.24) is 9.78 Å². The zero-order valence-electron chi connectivity index (χ0n) is 12.7. The van der Waals surface area contributed by atoms with Crippen molar-refractivity contribution < 1.29 is 14.6 Å². The highest BCUT2D eigenvalue weighted by molar-refractivity contribution is 9.10. The predicted molar refractivity (Wildman–Crippen MR) is 89.2 cm³/mol. The van der Waals surface area contributed by atoms with Gasteiger partial charge in [-0.1, -0.05) is 5.16 Å². The third-order valence-electron chi connectivity index (χ3n) is 3.19. The van der Waals surface area contributed by atoms with Crippen molar-refractivity contribution in [3.63, 3.8) is 0 Å². The summed E-state index contributed by atoms with van der Waals surface area (Å²) >= 11 is 3.33. The first-order chi connectivity index (χ1) is 11.4. The lowest BCUT2D eigenvalue weighted by atomic mass is 10.2. The average Bonchev–Trinajstić information content (AvgIpc) is 2.89. The number of carbonyl (C=O) groups is 1. The zero-order chi connectivity index (χ0) is 17.7. The molecule has 1 heterocycles. The molecule has 0 unspecified atom stereocenters. The molecular weight excluding hydrogens is 382 g/mol. The molecule has 10 heteroatoms. The first-order valence-electron chi connectivity index (χ1n) is 6.84. The summed E-state index contributed by atoms with van der Waals surface area (Å²) < 4.78 is 2.52. The van der Waals surface area contributed by atoms with E-state index in [1.807, 2.05) is 6.92 Å². The summed E-state index contributed by atoms with van der Waals surface area (Å²) in [4.78, 5) is 26.5. The van der Waals surface area contributed by atoms with E-state index in [1.165, 1.54) is 24.3 Å². The summed E-state index contributed by atoms with van der Waals surface area (Å²) in [5.41, 5.74) is 6.93. The Morgan fingerprint density at radius 3 is 2.67 bits per heavy atom. The van der Waals surface area contributed by atoms with Crippen molar-refractivity contribution in [3.05, 3.63) is 56.3 Å². The van der Waals surface area contributed by atoms with Crippen molar-refractivity contribution in [3.8, 4) is 0 Å². The number of amidine groups is 1. The molecule has 0 aliphatic carbocycles. The van der Waals surface area contributed by atoms with Crippen LogP contribution in [0.3, 0.4) is 0 Å². The number of benzene rings is 1. The summed E-state index contributed by atoms with van der Waals surface area (Å²) in [6.45, 7) is 2.22. The van der Waals surface area contributed by atoms with Gasteiger partial charge in [0.15, 0.2) is 5.84 Å². The van der Waals surface area contributed by atoms with Gasteiger partial charge in [0.05, 0.1) is 28.6 Å². The Labute approximate surface area is 145 Å². The van der Waals surface area contributed by atoms with E-state index in [9.17, 15) is 14.9 Å². The molecule has 0 atom stereocenters. The fourth-order valence-corrected chi connectivity index (χ4v) is 2.09. The minimum atomic E-state index is -0.564. The maximum atomic E-state index is 11.7. The lowest BCUT2D eigenvalue weighted by Crippen LogP contribution is -2.16. The highest BCUT2D eigenvalue weighted by atomic mass is 79.9. The molecule has 0 radical (unpaired) electrons. The number of nitro benzene ring substituents is 1. The van der Waals surface area contributed by atoms with Crippen LogP contribution < -0.4 is 5.73 Å². The molecule has 0 spiro atoms. The third-order valence-corrected chi connectivity index (χ3v) is 3.97. The van der Waals surface area contributed by atoms with Crippen molar-refractivity contribution in [2.45, 2.75) is 19.9 Å². The minimum absolute atomic E-state index is 0.0451. The highest BCUT2D eigenvalue weighted by Gasteiger charge is 2.09. The van der Waals surface area contributed by atoms with E-state index in [-0.39, 0.29) is 17.9 Å². The average molecular weight is 396 g/mol. The fourth-order valence-electron chi connectivity index (χ4n) is 1.80. The van der Waals surface area contributed by atoms with Crippen molar-refractivity contribution in [2.75, 3.05) is 0 Å². The fraction of sp³-hybridized carbons (Fsp3) is 0.214. The van der Waals surface area contributed by atoms with Gasteiger partial charge in [0.2, 0.25) is 0 Å². The second-order valence-electron chi connectivity index (χ2n) is 4.79. The first-order valence-corrected chi connectivity index (χ1v) is 7.64. The summed E-state index contributed by atoms with van der Waals surface area (Å²) in [5, 5.41) is 18.2. The summed E-state index contributed by atoms with van der Waals surface area (Å²) in [6.07, 6.45) is 1.72. The number of non-ortho nitro benzene ring substituents is 1. The van der Waals surface area contributed by atoms with E-state index in [1.54, 1.807) is 10.9 Å². The van der Waals surface area contributed by atoms with E-state index < -0.39 is 10.9 Å². The monoisotopic (exact) mass is 395 g/mol. The van der Waals surface area contributed by atoms with Gasteiger partial charge >= 0.3 is 5.97 Å². The second-order valence-corrected chi connectivity index (χ2v) is 5.65. The van der Waals surface area contributed by atoms with Crippen LogP contribution in [0.15, 0.2) is 40.1 Å². The van der Waals surface area contributed by atoms with E-state index in [4.69, 9.17) is 10.6 Å². The number of rotatable bonds is 6. The van der Waals surface area contributed by atoms with Gasteiger partial charge in [-0.3, -0.25) is 14.8 Å². The molecule has 0 aliphatic rings. The Hall–Kier alpha value is -2.75. The largest absolute Gasteiger partial charge is 0.380 e. The Balaban J connectivity index is 1.90. The van der Waals surface area contributed by atoms with Crippen LogP contribution in [0.25, 0.3) is 0 Å². The maximum Gasteiger partial charge on any atom is 0.336 e. The van der Waals surface area contributed by atoms with Crippen molar-refractivity contribution in [1.29, 1.82) is 0 Å². The topological polar surface area (TPSA) is 126 Å². The minimum Gasteiger partial charge on any atom is -0.380 e. The van der Waals surface area contributed by atoms with E-state index in [0.29, 0.717) is 12.1 Å². The molecule has 0 aliphatic heterocycles. The van der Waals surface area contributed by atoms with E-state index in [2.05, 4.69) is 26.2 Å². The lowest BCUT2D eigenvalue weighted by Gasteiger charge is -2.03. The molecule has 0 amide bonds. The number of hydrogen-bond acceptors (Lipinski definition) is 6. The van der Waals surface area contributed by atoms with Crippen LogP contribution in [0.4, 0.5) is 5.69 Å². The van der Waals surface area contributed by atoms with Crippen LogP contribution in [0.5, 0.6) is 0 Å². The zero-order valence-corrected chi connectivity index (χ0v) is 14.3. The quantitative estimate of drug-likeness (QED) is 0.262. The number of halogens is 1. The van der Waals surface area contributed by atoms with Crippen molar-refractivity contribution >= 4 is 33.4 Å². The summed E-state index contributed by atoms with van der Waals surface area (Å²) in [6, 6.07) is 5.43. The van der Waals surface area contributed by atoms with Crippen LogP contribution in [0, 0.1) is 17.0 Å². The number of nitrogens with two attached hydrogens (primary N) is 1. The second kappa shape index (κ2) is 7.68. The SMILES string of the molecule is Cc1c(Br)cnn1CCC(=O)O/N=C(\N)c1ccc([N+](=O)[O-])cc1. The standard InChI is InChI=1S/C14H14BrN5O4/c1-9-12(15)8-17-19(9)7-6-13(21)24-18-14(16)10-2-4-11(5-3-10)20(22)23/h2-5,8H,6-7H2,1H3,(H2,16,18). The van der Waals surface area contributed by atoms with Gasteiger partial charge in [-0.25, -0.2) is 4.79 Å². The molecule has 9 nitrogen and oxygen atoms in total. The Morgan fingerprint density at radius 2 is 2.12 bits per heavy atom. The van der Waals surface area contributed by atoms with Gasteiger partial charge in [-0.15, -0.1) is 0 Å². The maximum absolute atomic E-state index is 11.7. The van der Waals surface area contributed by atoms with Crippen molar-refractivity contribution in [2.24, 2.45) is 10.9 Å². The van der Waals surface area contributed by atoms with Gasteiger partial charge < -0.3 is 10.6 Å². The van der Waals surface area contributed by atoms with E-state index >= 15 is 0 Å². The third kappa shape index (κ3) is 4.38. The number of carbonyl (C=O) groups excluding carboxylic acids is 1. The molecule has 0 saturated heterocycles. The first kappa shape index (κ1) is 17.6. The van der Waals surface area contributed by atoms with Gasteiger partial charge in [0.25, 0.3) is 5.69 Å². The summed E-state index contributed by atoms with van der Waals surface area (Å²) in [7, 11) is 0. The number of aromatic nitrogens is 2. The van der Waals surface area contributed by atoms with E-state index in [0.717, 1.165) is 10.2 Å². The van der Waals surface area contributed by atoms with Crippen LogP contribution in [-0.4, -0.2) is 26.5 Å². The molecule has 24 heavy (non-hydrogen) atoms. The van der Waals surface area contributed by atoms with Gasteiger partial charge in [-0.2, -0.15) is 5.10 Å². The molecule has 126 valence electrons. The van der Waals surface area contributed by atoms with Gasteiger partial charge in [0, 0.05) is 23.4 Å². The summed E-state index contributed by atoms with van der Waals surface area (Å²) in [5.74, 6) is -0.609. The Kier molecular flexibility index (Phi) is 5.64. The number of aryl methyl sites for hydroxylation is 1. The molecule has 0 fully saturated rings. The number of hydrogen-bond donors (Lipinski definition) is 1. The predicted octanol–water partition coefficient (Wildman–Crippen LogP) is 2.12. The molecule has 0 bridgehead atoms. The number of oxime groups is 1. The molecule has 0 saturated carbocycles. The highest BCUT2D eigenvalue weighted by Crippen LogP contribution is 2.14. The molecular formula is C14H14BrN5O4. The van der Waals surface area contributed by atoms with Gasteiger partial charge in [-0.05, 0) is 35.0 Å². The van der Waals surface area contributed by atoms with Crippen LogP contribution in [0.2, 0.25) is 0 Å². The molecule has 2 rings (SSSR count). The smallest absolute Gasteiger partial charge is 0.336 e. The molecule has 2 N–H and O–H groups in total. The molecule has 2 aromatic rings. The lowest BCUT2D eigenvalue weighted by molar-refractivity contribution is -0.384.